The van der Waals surface area contributed by atoms with E-state index >= 15 is 0 Å². The molecule has 0 saturated heterocycles. The Morgan fingerprint density at radius 3 is 3.00 bits per heavy atom. The predicted molar refractivity (Wildman–Crippen MR) is 76.3 cm³/mol. The number of aromatic nitrogens is 1. The van der Waals surface area contributed by atoms with Gasteiger partial charge in [0.25, 0.3) is 0 Å². The largest absolute Gasteiger partial charge is 0.409 e. The summed E-state index contributed by atoms with van der Waals surface area (Å²) in [7, 11) is 0. The highest BCUT2D eigenvalue weighted by Crippen LogP contribution is 2.08. The number of nitrogens with two attached hydrogens (primary N) is 1. The molecule has 4 N–H and O–H groups in total. The molecule has 1 heterocycles. The first-order valence-corrected chi connectivity index (χ1v) is 6.75. The molecule has 0 amide bonds. The third-order valence-corrected chi connectivity index (χ3v) is 3.45. The standard InChI is InChI=1S/C13H16N4OS/c1-9-16-12(8-19-9)7-15-6-10-3-2-4-11(5-10)13(14)17-18/h2-5,8,15,18H,6-7H2,1H3,(H2,14,17). The normalized spacial score (nSPS) is 11.7. The Kier molecular flexibility index (Phi) is 4.48. The highest BCUT2D eigenvalue weighted by molar-refractivity contribution is 7.09. The van der Waals surface area contributed by atoms with E-state index in [2.05, 4.69) is 20.8 Å². The molecule has 0 saturated carbocycles. The van der Waals surface area contributed by atoms with Crippen molar-refractivity contribution in [2.45, 2.75) is 20.0 Å². The van der Waals surface area contributed by atoms with Crippen LogP contribution in [0.3, 0.4) is 0 Å². The SMILES string of the molecule is Cc1nc(CNCc2cccc(C(N)=NO)c2)cs1. The number of rotatable bonds is 5. The number of hydrogen-bond acceptors (Lipinski definition) is 5. The highest BCUT2D eigenvalue weighted by Gasteiger charge is 2.01. The quantitative estimate of drug-likeness (QED) is 0.337. The lowest BCUT2D eigenvalue weighted by Crippen LogP contribution is -2.15. The summed E-state index contributed by atoms with van der Waals surface area (Å²) in [4.78, 5) is 4.38. The second-order valence-electron chi connectivity index (χ2n) is 4.15. The van der Waals surface area contributed by atoms with Gasteiger partial charge in [-0.2, -0.15) is 0 Å². The molecule has 2 rings (SSSR count). The summed E-state index contributed by atoms with van der Waals surface area (Å²) in [6, 6.07) is 7.58. The van der Waals surface area contributed by atoms with Crippen LogP contribution in [0.2, 0.25) is 0 Å². The Labute approximate surface area is 115 Å². The molecule has 1 aromatic heterocycles. The van der Waals surface area contributed by atoms with E-state index in [-0.39, 0.29) is 5.84 Å². The van der Waals surface area contributed by atoms with E-state index < -0.39 is 0 Å². The minimum absolute atomic E-state index is 0.122. The minimum atomic E-state index is 0.122. The Morgan fingerprint density at radius 2 is 2.32 bits per heavy atom. The molecule has 0 bridgehead atoms. The number of amidine groups is 1. The fraction of sp³-hybridized carbons (Fsp3) is 0.231. The van der Waals surface area contributed by atoms with Crippen molar-refractivity contribution in [1.29, 1.82) is 0 Å². The second-order valence-corrected chi connectivity index (χ2v) is 5.21. The fourth-order valence-electron chi connectivity index (χ4n) is 1.72. The molecule has 0 radical (unpaired) electrons. The highest BCUT2D eigenvalue weighted by atomic mass is 32.1. The van der Waals surface area contributed by atoms with E-state index in [1.54, 1.807) is 11.3 Å². The number of benzene rings is 1. The van der Waals surface area contributed by atoms with Crippen molar-refractivity contribution in [2.75, 3.05) is 0 Å². The van der Waals surface area contributed by atoms with Crippen LogP contribution < -0.4 is 11.1 Å². The molecule has 0 aliphatic heterocycles. The van der Waals surface area contributed by atoms with E-state index in [4.69, 9.17) is 10.9 Å². The molecule has 1 aromatic carbocycles. The zero-order valence-corrected chi connectivity index (χ0v) is 11.4. The van der Waals surface area contributed by atoms with Crippen molar-refractivity contribution >= 4 is 17.2 Å². The minimum Gasteiger partial charge on any atom is -0.409 e. The summed E-state index contributed by atoms with van der Waals surface area (Å²) in [5, 5.41) is 18.1. The van der Waals surface area contributed by atoms with Crippen LogP contribution in [0.25, 0.3) is 0 Å². The van der Waals surface area contributed by atoms with E-state index in [0.29, 0.717) is 12.1 Å². The van der Waals surface area contributed by atoms with E-state index in [1.807, 2.05) is 31.2 Å². The zero-order valence-electron chi connectivity index (χ0n) is 10.6. The van der Waals surface area contributed by atoms with Crippen molar-refractivity contribution in [3.8, 4) is 0 Å². The van der Waals surface area contributed by atoms with E-state index in [0.717, 1.165) is 22.8 Å². The topological polar surface area (TPSA) is 83.5 Å². The van der Waals surface area contributed by atoms with Crippen LogP contribution in [0.15, 0.2) is 34.8 Å². The summed E-state index contributed by atoms with van der Waals surface area (Å²) in [5.41, 5.74) is 8.40. The molecule has 0 aliphatic rings. The van der Waals surface area contributed by atoms with Gasteiger partial charge in [-0.1, -0.05) is 23.4 Å². The lowest BCUT2D eigenvalue weighted by molar-refractivity contribution is 0.318. The van der Waals surface area contributed by atoms with Gasteiger partial charge < -0.3 is 16.3 Å². The van der Waals surface area contributed by atoms with Crippen LogP contribution in [0.4, 0.5) is 0 Å². The van der Waals surface area contributed by atoms with Gasteiger partial charge in [-0.05, 0) is 18.6 Å². The average molecular weight is 276 g/mol. The van der Waals surface area contributed by atoms with Crippen LogP contribution >= 0.6 is 11.3 Å². The van der Waals surface area contributed by atoms with Gasteiger partial charge >= 0.3 is 0 Å². The Balaban J connectivity index is 1.92. The lowest BCUT2D eigenvalue weighted by atomic mass is 10.1. The number of hydrogen-bond donors (Lipinski definition) is 3. The summed E-state index contributed by atoms with van der Waals surface area (Å²) < 4.78 is 0. The summed E-state index contributed by atoms with van der Waals surface area (Å²) >= 11 is 1.65. The molecular weight excluding hydrogens is 260 g/mol. The maximum absolute atomic E-state index is 8.65. The molecule has 100 valence electrons. The van der Waals surface area contributed by atoms with Gasteiger partial charge in [0.15, 0.2) is 5.84 Å². The molecule has 6 heteroatoms. The molecule has 0 unspecified atom stereocenters. The Hall–Kier alpha value is -1.92. The van der Waals surface area contributed by atoms with Crippen molar-refractivity contribution in [3.05, 3.63) is 51.5 Å². The zero-order chi connectivity index (χ0) is 13.7. The first-order valence-electron chi connectivity index (χ1n) is 5.87. The number of nitrogens with zero attached hydrogens (tertiary/aromatic N) is 2. The number of oxime groups is 1. The molecule has 0 spiro atoms. The Bertz CT molecular complexity index is 580. The van der Waals surface area contributed by atoms with Gasteiger partial charge in [0, 0.05) is 24.0 Å². The molecule has 0 fully saturated rings. The van der Waals surface area contributed by atoms with Gasteiger partial charge in [0.2, 0.25) is 0 Å². The average Bonchev–Trinajstić information content (AvgIpc) is 2.84. The second kappa shape index (κ2) is 6.31. The van der Waals surface area contributed by atoms with Crippen LogP contribution in [0.5, 0.6) is 0 Å². The fourth-order valence-corrected chi connectivity index (χ4v) is 2.34. The first-order chi connectivity index (χ1) is 9.19. The van der Waals surface area contributed by atoms with Gasteiger partial charge in [0.05, 0.1) is 10.7 Å². The van der Waals surface area contributed by atoms with Crippen LogP contribution in [0, 0.1) is 6.92 Å². The van der Waals surface area contributed by atoms with Crippen molar-refractivity contribution in [3.63, 3.8) is 0 Å². The Morgan fingerprint density at radius 1 is 1.47 bits per heavy atom. The molecule has 0 atom stereocenters. The van der Waals surface area contributed by atoms with Crippen LogP contribution in [-0.4, -0.2) is 16.0 Å². The summed E-state index contributed by atoms with van der Waals surface area (Å²) in [5.74, 6) is 0.122. The van der Waals surface area contributed by atoms with Crippen molar-refractivity contribution in [2.24, 2.45) is 10.9 Å². The van der Waals surface area contributed by atoms with Crippen LogP contribution in [0.1, 0.15) is 21.8 Å². The van der Waals surface area contributed by atoms with Gasteiger partial charge in [-0.15, -0.1) is 11.3 Å². The summed E-state index contributed by atoms with van der Waals surface area (Å²) in [6.45, 7) is 3.44. The summed E-state index contributed by atoms with van der Waals surface area (Å²) in [6.07, 6.45) is 0. The molecule has 5 nitrogen and oxygen atoms in total. The van der Waals surface area contributed by atoms with Crippen molar-refractivity contribution in [1.82, 2.24) is 10.3 Å². The van der Waals surface area contributed by atoms with Gasteiger partial charge in [-0.25, -0.2) is 4.98 Å². The monoisotopic (exact) mass is 276 g/mol. The molecular formula is C13H16N4OS. The van der Waals surface area contributed by atoms with E-state index in [9.17, 15) is 0 Å². The third-order valence-electron chi connectivity index (χ3n) is 2.63. The lowest BCUT2D eigenvalue weighted by Gasteiger charge is -2.05. The number of nitrogens with one attached hydrogen (secondary N) is 1. The number of aryl methyl sites for hydroxylation is 1. The van der Waals surface area contributed by atoms with Crippen molar-refractivity contribution < 1.29 is 5.21 Å². The molecule has 0 aliphatic carbocycles. The predicted octanol–water partition coefficient (Wildman–Crippen LogP) is 1.84. The van der Waals surface area contributed by atoms with Gasteiger partial charge in [-0.3, -0.25) is 0 Å². The maximum atomic E-state index is 8.65. The first kappa shape index (κ1) is 13.5. The van der Waals surface area contributed by atoms with Gasteiger partial charge in [0.1, 0.15) is 0 Å². The molecule has 19 heavy (non-hydrogen) atoms. The smallest absolute Gasteiger partial charge is 0.170 e. The van der Waals surface area contributed by atoms with Crippen LogP contribution in [-0.2, 0) is 13.1 Å². The molecule has 2 aromatic rings. The third kappa shape index (κ3) is 3.77. The van der Waals surface area contributed by atoms with E-state index in [1.165, 1.54) is 0 Å². The maximum Gasteiger partial charge on any atom is 0.170 e. The number of thiazole rings is 1.